The Hall–Kier alpha value is -1.53. The highest BCUT2D eigenvalue weighted by molar-refractivity contribution is 7.98. The van der Waals surface area contributed by atoms with Gasteiger partial charge in [-0.15, -0.1) is 10.2 Å². The summed E-state index contributed by atoms with van der Waals surface area (Å²) in [5, 5.41) is 11.2. The van der Waals surface area contributed by atoms with Crippen molar-refractivity contribution in [2.24, 2.45) is 0 Å². The van der Waals surface area contributed by atoms with Gasteiger partial charge in [-0.1, -0.05) is 53.2 Å². The molecule has 0 spiro atoms. The third-order valence-electron chi connectivity index (χ3n) is 4.21. The molecule has 0 saturated carbocycles. The number of nitrogens with zero attached hydrogens (tertiary/aromatic N) is 4. The molecule has 0 aliphatic carbocycles. The number of hydrogen-bond acceptors (Lipinski definition) is 4. The summed E-state index contributed by atoms with van der Waals surface area (Å²) < 4.78 is 2.09. The van der Waals surface area contributed by atoms with Crippen molar-refractivity contribution in [1.29, 1.82) is 0 Å². The van der Waals surface area contributed by atoms with Crippen LogP contribution >= 0.6 is 35.0 Å². The molecular formula is C19H20Cl2N4S. The SMILES string of the molecule is CC(c1nnc(SCc2ccccc2Cl)n1-c1ccc(Cl)cc1)N(C)C. The third kappa shape index (κ3) is 4.23. The van der Waals surface area contributed by atoms with Crippen LogP contribution in [0.4, 0.5) is 0 Å². The van der Waals surface area contributed by atoms with Crippen LogP contribution in [0.1, 0.15) is 24.4 Å². The van der Waals surface area contributed by atoms with Gasteiger partial charge in [0, 0.05) is 21.5 Å². The first-order chi connectivity index (χ1) is 12.5. The lowest BCUT2D eigenvalue weighted by Crippen LogP contribution is -2.20. The van der Waals surface area contributed by atoms with Crippen molar-refractivity contribution in [3.8, 4) is 5.69 Å². The van der Waals surface area contributed by atoms with Gasteiger partial charge in [0.05, 0.1) is 6.04 Å². The van der Waals surface area contributed by atoms with Crippen molar-refractivity contribution in [2.75, 3.05) is 14.1 Å². The molecule has 1 heterocycles. The summed E-state index contributed by atoms with van der Waals surface area (Å²) in [5.41, 5.74) is 2.07. The second kappa shape index (κ2) is 8.44. The molecule has 4 nitrogen and oxygen atoms in total. The highest BCUT2D eigenvalue weighted by Gasteiger charge is 2.21. The summed E-state index contributed by atoms with van der Waals surface area (Å²) >= 11 is 14.0. The van der Waals surface area contributed by atoms with Crippen LogP contribution in [0.2, 0.25) is 10.0 Å². The van der Waals surface area contributed by atoms with Crippen LogP contribution in [0, 0.1) is 0 Å². The molecule has 26 heavy (non-hydrogen) atoms. The lowest BCUT2D eigenvalue weighted by molar-refractivity contribution is 0.305. The minimum atomic E-state index is 0.118. The zero-order valence-corrected chi connectivity index (χ0v) is 17.2. The molecular weight excluding hydrogens is 387 g/mol. The first kappa shape index (κ1) is 19.2. The Bertz CT molecular complexity index is 878. The predicted molar refractivity (Wildman–Crippen MR) is 109 cm³/mol. The molecule has 7 heteroatoms. The van der Waals surface area contributed by atoms with E-state index in [1.54, 1.807) is 11.8 Å². The van der Waals surface area contributed by atoms with E-state index >= 15 is 0 Å². The Morgan fingerprint density at radius 2 is 1.73 bits per heavy atom. The molecule has 1 aromatic heterocycles. The van der Waals surface area contributed by atoms with E-state index < -0.39 is 0 Å². The molecule has 0 N–H and O–H groups in total. The Morgan fingerprint density at radius 3 is 2.38 bits per heavy atom. The molecule has 0 saturated heterocycles. The van der Waals surface area contributed by atoms with Crippen molar-refractivity contribution in [3.63, 3.8) is 0 Å². The van der Waals surface area contributed by atoms with Gasteiger partial charge in [-0.05, 0) is 56.9 Å². The molecule has 3 rings (SSSR count). The minimum absolute atomic E-state index is 0.118. The van der Waals surface area contributed by atoms with E-state index in [0.29, 0.717) is 5.02 Å². The Labute approximate surface area is 168 Å². The first-order valence-corrected chi connectivity index (χ1v) is 9.95. The Balaban J connectivity index is 1.97. The molecule has 0 aliphatic heterocycles. The van der Waals surface area contributed by atoms with Crippen LogP contribution in [-0.4, -0.2) is 33.8 Å². The van der Waals surface area contributed by atoms with E-state index in [4.69, 9.17) is 23.2 Å². The van der Waals surface area contributed by atoms with Gasteiger partial charge in [0.15, 0.2) is 11.0 Å². The number of benzene rings is 2. The van der Waals surface area contributed by atoms with Crippen LogP contribution in [0.5, 0.6) is 0 Å². The maximum atomic E-state index is 6.28. The standard InChI is InChI=1S/C19H20Cl2N4S/c1-13(24(2)3)18-22-23-19(25(18)16-10-8-15(20)9-11-16)26-12-14-6-4-5-7-17(14)21/h4-11,13H,12H2,1-3H3. The van der Waals surface area contributed by atoms with E-state index in [-0.39, 0.29) is 6.04 Å². The van der Waals surface area contributed by atoms with Gasteiger partial charge in [0.25, 0.3) is 0 Å². The van der Waals surface area contributed by atoms with Crippen LogP contribution in [0.15, 0.2) is 53.7 Å². The Morgan fingerprint density at radius 1 is 1.04 bits per heavy atom. The zero-order chi connectivity index (χ0) is 18.7. The fourth-order valence-corrected chi connectivity index (χ4v) is 3.84. The van der Waals surface area contributed by atoms with Crippen LogP contribution in [0.3, 0.4) is 0 Å². The maximum Gasteiger partial charge on any atom is 0.196 e. The van der Waals surface area contributed by atoms with Gasteiger partial charge < -0.3 is 0 Å². The fraction of sp³-hybridized carbons (Fsp3) is 0.263. The van der Waals surface area contributed by atoms with E-state index in [1.807, 2.05) is 62.6 Å². The summed E-state index contributed by atoms with van der Waals surface area (Å²) in [6.07, 6.45) is 0. The van der Waals surface area contributed by atoms with Gasteiger partial charge in [-0.25, -0.2) is 0 Å². The average Bonchev–Trinajstić information content (AvgIpc) is 3.04. The highest BCUT2D eigenvalue weighted by Crippen LogP contribution is 2.30. The summed E-state index contributed by atoms with van der Waals surface area (Å²) in [4.78, 5) is 2.11. The fourth-order valence-electron chi connectivity index (χ4n) is 2.47. The third-order valence-corrected chi connectivity index (χ3v) is 5.80. The number of hydrogen-bond donors (Lipinski definition) is 0. The van der Waals surface area contributed by atoms with Gasteiger partial charge >= 0.3 is 0 Å². The lowest BCUT2D eigenvalue weighted by Gasteiger charge is -2.20. The van der Waals surface area contributed by atoms with Gasteiger partial charge in [-0.3, -0.25) is 9.47 Å². The monoisotopic (exact) mass is 406 g/mol. The van der Waals surface area contributed by atoms with Crippen molar-refractivity contribution >= 4 is 35.0 Å². The molecule has 3 aromatic rings. The maximum absolute atomic E-state index is 6.28. The molecule has 1 atom stereocenters. The molecule has 0 fully saturated rings. The Kier molecular flexibility index (Phi) is 6.24. The zero-order valence-electron chi connectivity index (χ0n) is 14.9. The molecule has 1 unspecified atom stereocenters. The molecule has 0 radical (unpaired) electrons. The van der Waals surface area contributed by atoms with Crippen LogP contribution in [0.25, 0.3) is 5.69 Å². The minimum Gasteiger partial charge on any atom is -0.300 e. The summed E-state index contributed by atoms with van der Waals surface area (Å²) in [6, 6.07) is 15.7. The quantitative estimate of drug-likeness (QED) is 0.506. The van der Waals surface area contributed by atoms with Gasteiger partial charge in [0.1, 0.15) is 0 Å². The van der Waals surface area contributed by atoms with Gasteiger partial charge in [0.2, 0.25) is 0 Å². The average molecular weight is 407 g/mol. The summed E-state index contributed by atoms with van der Waals surface area (Å²) in [6.45, 7) is 2.11. The lowest BCUT2D eigenvalue weighted by atomic mass is 10.2. The van der Waals surface area contributed by atoms with Crippen molar-refractivity contribution in [2.45, 2.75) is 23.9 Å². The summed E-state index contributed by atoms with van der Waals surface area (Å²) in [5.74, 6) is 1.61. The van der Waals surface area contributed by atoms with Gasteiger partial charge in [-0.2, -0.15) is 0 Å². The van der Waals surface area contributed by atoms with Crippen molar-refractivity contribution < 1.29 is 0 Å². The number of aromatic nitrogens is 3. The second-order valence-corrected chi connectivity index (χ2v) is 7.96. The molecule has 136 valence electrons. The molecule has 0 bridgehead atoms. The topological polar surface area (TPSA) is 34.0 Å². The molecule has 0 amide bonds. The predicted octanol–water partition coefficient (Wildman–Crippen LogP) is 5.49. The van der Waals surface area contributed by atoms with Crippen molar-refractivity contribution in [1.82, 2.24) is 19.7 Å². The number of rotatable bonds is 6. The van der Waals surface area contributed by atoms with Crippen LogP contribution < -0.4 is 0 Å². The highest BCUT2D eigenvalue weighted by atomic mass is 35.5. The normalized spacial score (nSPS) is 12.5. The summed E-state index contributed by atoms with van der Waals surface area (Å²) in [7, 11) is 4.06. The first-order valence-electron chi connectivity index (χ1n) is 8.21. The van der Waals surface area contributed by atoms with E-state index in [9.17, 15) is 0 Å². The number of halogens is 2. The van der Waals surface area contributed by atoms with E-state index in [0.717, 1.165) is 33.0 Å². The number of thioether (sulfide) groups is 1. The van der Waals surface area contributed by atoms with Crippen molar-refractivity contribution in [3.05, 3.63) is 70.0 Å². The van der Waals surface area contributed by atoms with E-state index in [1.165, 1.54) is 0 Å². The second-order valence-electron chi connectivity index (χ2n) is 6.17. The van der Waals surface area contributed by atoms with Crippen LogP contribution in [-0.2, 0) is 5.75 Å². The molecule has 0 aliphatic rings. The largest absolute Gasteiger partial charge is 0.300 e. The smallest absolute Gasteiger partial charge is 0.196 e. The van der Waals surface area contributed by atoms with E-state index in [2.05, 4.69) is 26.6 Å². The molecule has 2 aromatic carbocycles.